The van der Waals surface area contributed by atoms with Crippen LogP contribution in [-0.2, 0) is 16.6 Å². The summed E-state index contributed by atoms with van der Waals surface area (Å²) >= 11 is 0. The van der Waals surface area contributed by atoms with Crippen molar-refractivity contribution in [3.8, 4) is 11.5 Å². The fourth-order valence-electron chi connectivity index (χ4n) is 3.10. The van der Waals surface area contributed by atoms with Gasteiger partial charge in [0, 0.05) is 11.3 Å². The van der Waals surface area contributed by atoms with E-state index in [-0.39, 0.29) is 17.0 Å². The molecule has 0 saturated carbocycles. The number of aryl methyl sites for hydroxylation is 1. The van der Waals surface area contributed by atoms with Crippen molar-refractivity contribution in [3.63, 3.8) is 0 Å². The molecule has 3 aromatic carbocycles. The Morgan fingerprint density at radius 2 is 1.55 bits per heavy atom. The van der Waals surface area contributed by atoms with Crippen LogP contribution in [0.25, 0.3) is 0 Å². The molecular formula is C23H24N2O5S. The second kappa shape index (κ2) is 9.53. The topological polar surface area (TPSA) is 93.7 Å². The molecule has 7 nitrogen and oxygen atoms in total. The zero-order chi connectivity index (χ0) is 22.4. The first-order valence-electron chi connectivity index (χ1n) is 9.51. The van der Waals surface area contributed by atoms with Crippen LogP contribution in [0.15, 0.2) is 71.6 Å². The number of methoxy groups -OCH3 is 2. The van der Waals surface area contributed by atoms with Crippen molar-refractivity contribution >= 4 is 21.6 Å². The van der Waals surface area contributed by atoms with E-state index in [0.717, 1.165) is 5.56 Å². The number of anilines is 1. The van der Waals surface area contributed by atoms with Gasteiger partial charge in [-0.15, -0.1) is 0 Å². The van der Waals surface area contributed by atoms with Gasteiger partial charge >= 0.3 is 0 Å². The van der Waals surface area contributed by atoms with E-state index in [9.17, 15) is 13.2 Å². The third kappa shape index (κ3) is 5.35. The van der Waals surface area contributed by atoms with Gasteiger partial charge in [0.15, 0.2) is 0 Å². The summed E-state index contributed by atoms with van der Waals surface area (Å²) in [6.07, 6.45) is 0. The summed E-state index contributed by atoms with van der Waals surface area (Å²) in [5, 5.41) is 2.79. The van der Waals surface area contributed by atoms with Gasteiger partial charge in [-0.1, -0.05) is 24.3 Å². The minimum absolute atomic E-state index is 0.00321. The summed E-state index contributed by atoms with van der Waals surface area (Å²) in [5.74, 6) is 0.747. The molecule has 0 radical (unpaired) electrons. The van der Waals surface area contributed by atoms with Crippen molar-refractivity contribution < 1.29 is 22.7 Å². The summed E-state index contributed by atoms with van der Waals surface area (Å²) < 4.78 is 38.7. The molecule has 0 bridgehead atoms. The lowest BCUT2D eigenvalue weighted by Crippen LogP contribution is -2.24. The van der Waals surface area contributed by atoms with Crippen LogP contribution in [0, 0.1) is 6.92 Å². The van der Waals surface area contributed by atoms with E-state index in [2.05, 4.69) is 10.0 Å². The average molecular weight is 441 g/mol. The second-order valence-electron chi connectivity index (χ2n) is 6.83. The van der Waals surface area contributed by atoms with Gasteiger partial charge in [0.1, 0.15) is 11.5 Å². The summed E-state index contributed by atoms with van der Waals surface area (Å²) in [4.78, 5) is 12.7. The number of hydrogen-bond donors (Lipinski definition) is 2. The third-order valence-corrected chi connectivity index (χ3v) is 6.01. The fourth-order valence-corrected chi connectivity index (χ4v) is 4.20. The van der Waals surface area contributed by atoms with Crippen LogP contribution < -0.4 is 19.5 Å². The van der Waals surface area contributed by atoms with Crippen molar-refractivity contribution in [3.05, 3.63) is 83.4 Å². The molecule has 0 heterocycles. The maximum absolute atomic E-state index is 12.8. The van der Waals surface area contributed by atoms with Gasteiger partial charge in [-0.25, -0.2) is 8.42 Å². The molecule has 0 unspecified atom stereocenters. The number of benzene rings is 3. The molecule has 0 saturated heterocycles. The Morgan fingerprint density at radius 1 is 0.903 bits per heavy atom. The normalized spacial score (nSPS) is 10.9. The van der Waals surface area contributed by atoms with Crippen LogP contribution in [0.4, 0.5) is 5.69 Å². The van der Waals surface area contributed by atoms with Crippen molar-refractivity contribution in [2.45, 2.75) is 18.4 Å². The third-order valence-electron chi connectivity index (χ3n) is 4.63. The number of carbonyl (C=O) groups excluding carboxylic acids is 1. The first-order chi connectivity index (χ1) is 14.8. The molecule has 3 rings (SSSR count). The summed E-state index contributed by atoms with van der Waals surface area (Å²) in [7, 11) is -0.770. The Morgan fingerprint density at radius 3 is 2.19 bits per heavy atom. The monoisotopic (exact) mass is 440 g/mol. The lowest BCUT2D eigenvalue weighted by atomic mass is 10.1. The zero-order valence-corrected chi connectivity index (χ0v) is 18.3. The minimum atomic E-state index is -3.84. The van der Waals surface area contributed by atoms with E-state index in [1.165, 1.54) is 32.4 Å². The molecule has 0 fully saturated rings. The molecule has 0 aliphatic carbocycles. The number of nitrogens with one attached hydrogen (secondary N) is 2. The van der Waals surface area contributed by atoms with Crippen LogP contribution in [0.3, 0.4) is 0 Å². The second-order valence-corrected chi connectivity index (χ2v) is 8.51. The predicted octanol–water partition coefficient (Wildman–Crippen LogP) is 3.74. The molecule has 0 spiro atoms. The highest BCUT2D eigenvalue weighted by molar-refractivity contribution is 7.92. The van der Waals surface area contributed by atoms with Gasteiger partial charge in [-0.3, -0.25) is 9.52 Å². The highest BCUT2D eigenvalue weighted by Crippen LogP contribution is 2.28. The molecule has 0 atom stereocenters. The molecule has 0 aliphatic rings. The van der Waals surface area contributed by atoms with E-state index < -0.39 is 15.9 Å². The molecule has 162 valence electrons. The van der Waals surface area contributed by atoms with Gasteiger partial charge in [-0.05, 0) is 55.0 Å². The highest BCUT2D eigenvalue weighted by atomic mass is 32.2. The van der Waals surface area contributed by atoms with Crippen LogP contribution in [0.5, 0.6) is 11.5 Å². The molecule has 3 aromatic rings. The van der Waals surface area contributed by atoms with Crippen molar-refractivity contribution in [1.29, 1.82) is 0 Å². The van der Waals surface area contributed by atoms with Gasteiger partial charge < -0.3 is 14.8 Å². The number of sulfonamides is 1. The Hall–Kier alpha value is -3.52. The van der Waals surface area contributed by atoms with Gasteiger partial charge in [-0.2, -0.15) is 0 Å². The lowest BCUT2D eigenvalue weighted by molar-refractivity contribution is 0.0950. The highest BCUT2D eigenvalue weighted by Gasteiger charge is 2.17. The van der Waals surface area contributed by atoms with Crippen molar-refractivity contribution in [2.75, 3.05) is 18.9 Å². The number of rotatable bonds is 8. The first-order valence-corrected chi connectivity index (χ1v) is 11.0. The molecule has 8 heteroatoms. The first kappa shape index (κ1) is 22.2. The molecule has 2 N–H and O–H groups in total. The largest absolute Gasteiger partial charge is 0.496 e. The van der Waals surface area contributed by atoms with Crippen LogP contribution in [-0.4, -0.2) is 28.5 Å². The molecule has 1 amide bonds. The number of amides is 1. The average Bonchev–Trinajstić information content (AvgIpc) is 2.77. The number of ether oxygens (including phenoxy) is 2. The molecule has 31 heavy (non-hydrogen) atoms. The molecule has 0 aliphatic heterocycles. The van der Waals surface area contributed by atoms with Crippen LogP contribution in [0.1, 0.15) is 21.5 Å². The predicted molar refractivity (Wildman–Crippen MR) is 119 cm³/mol. The van der Waals surface area contributed by atoms with E-state index in [1.54, 1.807) is 42.5 Å². The van der Waals surface area contributed by atoms with E-state index in [4.69, 9.17) is 9.47 Å². The van der Waals surface area contributed by atoms with Gasteiger partial charge in [0.2, 0.25) is 0 Å². The van der Waals surface area contributed by atoms with E-state index in [1.807, 2.05) is 13.0 Å². The SMILES string of the molecule is COc1cccc(OC)c1CNC(=O)c1cccc(S(=O)(=O)Nc2cccc(C)c2)c1. The maximum Gasteiger partial charge on any atom is 0.261 e. The molecular weight excluding hydrogens is 416 g/mol. The van der Waals surface area contributed by atoms with Crippen molar-refractivity contribution in [1.82, 2.24) is 5.32 Å². The van der Waals surface area contributed by atoms with Crippen molar-refractivity contribution in [2.24, 2.45) is 0 Å². The van der Waals surface area contributed by atoms with Gasteiger partial charge in [0.05, 0.1) is 31.2 Å². The van der Waals surface area contributed by atoms with E-state index >= 15 is 0 Å². The number of carbonyl (C=O) groups is 1. The fraction of sp³-hybridized carbons (Fsp3) is 0.174. The van der Waals surface area contributed by atoms with E-state index in [0.29, 0.717) is 22.7 Å². The lowest BCUT2D eigenvalue weighted by Gasteiger charge is -2.14. The quantitative estimate of drug-likeness (QED) is 0.557. The molecule has 0 aromatic heterocycles. The Labute approximate surface area is 182 Å². The smallest absolute Gasteiger partial charge is 0.261 e. The van der Waals surface area contributed by atoms with Crippen LogP contribution in [0.2, 0.25) is 0 Å². The zero-order valence-electron chi connectivity index (χ0n) is 17.5. The summed E-state index contributed by atoms with van der Waals surface area (Å²) in [6.45, 7) is 2.03. The summed E-state index contributed by atoms with van der Waals surface area (Å²) in [6, 6.07) is 18.2. The van der Waals surface area contributed by atoms with Crippen LogP contribution >= 0.6 is 0 Å². The Balaban J connectivity index is 1.78. The number of hydrogen-bond acceptors (Lipinski definition) is 5. The standard InChI is InChI=1S/C23H24N2O5S/c1-16-7-4-9-18(13-16)25-31(27,28)19-10-5-8-17(14-19)23(26)24-15-20-21(29-2)11-6-12-22(20)30-3/h4-14,25H,15H2,1-3H3,(H,24,26). The van der Waals surface area contributed by atoms with Gasteiger partial charge in [0.25, 0.3) is 15.9 Å². The Bertz CT molecular complexity index is 1170. The summed E-state index contributed by atoms with van der Waals surface area (Å²) in [5.41, 5.74) is 2.30. The minimum Gasteiger partial charge on any atom is -0.496 e. The Kier molecular flexibility index (Phi) is 6.81. The maximum atomic E-state index is 12.8.